The van der Waals surface area contributed by atoms with E-state index in [2.05, 4.69) is 11.2 Å². The number of amides is 1. The standard InChI is InChI=1S/C16H17FN2O5S/c1-2-9-18-15(20)11-24-16(21)13-7-5-10-19(13)25(22,23)14-8-4-3-6-12(14)17/h1,3-4,6,8,13H,5,7,9-11H2,(H,18,20)/t13-/m1/s1. The molecule has 0 bridgehead atoms. The number of nitrogens with one attached hydrogen (secondary N) is 1. The van der Waals surface area contributed by atoms with E-state index in [4.69, 9.17) is 11.2 Å². The van der Waals surface area contributed by atoms with E-state index < -0.39 is 45.3 Å². The first-order chi connectivity index (χ1) is 11.9. The van der Waals surface area contributed by atoms with Gasteiger partial charge in [-0.2, -0.15) is 4.31 Å². The van der Waals surface area contributed by atoms with Crippen LogP contribution in [-0.2, 0) is 24.3 Å². The number of hydrogen-bond acceptors (Lipinski definition) is 5. The van der Waals surface area contributed by atoms with Crippen molar-refractivity contribution in [2.45, 2.75) is 23.8 Å². The summed E-state index contributed by atoms with van der Waals surface area (Å²) in [7, 11) is -4.19. The van der Waals surface area contributed by atoms with Gasteiger partial charge in [0.05, 0.1) is 6.54 Å². The summed E-state index contributed by atoms with van der Waals surface area (Å²) in [5, 5.41) is 2.32. The van der Waals surface area contributed by atoms with Crippen molar-refractivity contribution in [2.75, 3.05) is 19.7 Å². The minimum Gasteiger partial charge on any atom is -0.454 e. The molecule has 1 aromatic carbocycles. The lowest BCUT2D eigenvalue weighted by Gasteiger charge is -2.22. The van der Waals surface area contributed by atoms with E-state index in [1.165, 1.54) is 12.1 Å². The fraction of sp³-hybridized carbons (Fsp3) is 0.375. The van der Waals surface area contributed by atoms with Crippen LogP contribution in [0.1, 0.15) is 12.8 Å². The number of hydrogen-bond donors (Lipinski definition) is 1. The quantitative estimate of drug-likeness (QED) is 0.575. The summed E-state index contributed by atoms with van der Waals surface area (Å²) in [6.07, 6.45) is 5.65. The third-order valence-electron chi connectivity index (χ3n) is 3.63. The number of carbonyl (C=O) groups excluding carboxylic acids is 2. The Bertz CT molecular complexity index is 803. The average Bonchev–Trinajstić information content (AvgIpc) is 3.08. The zero-order valence-electron chi connectivity index (χ0n) is 13.3. The van der Waals surface area contributed by atoms with Crippen LogP contribution in [0.15, 0.2) is 29.2 Å². The van der Waals surface area contributed by atoms with E-state index in [-0.39, 0.29) is 19.5 Å². The Hall–Kier alpha value is -2.44. The lowest BCUT2D eigenvalue weighted by atomic mass is 10.2. The molecule has 1 aliphatic heterocycles. The second-order valence-electron chi connectivity index (χ2n) is 5.29. The van der Waals surface area contributed by atoms with Gasteiger partial charge in [0, 0.05) is 6.54 Å². The van der Waals surface area contributed by atoms with Gasteiger partial charge < -0.3 is 10.1 Å². The molecule has 1 saturated heterocycles. The van der Waals surface area contributed by atoms with E-state index in [0.717, 1.165) is 16.4 Å². The predicted octanol–water partition coefficient (Wildman–Crippen LogP) is 0.271. The van der Waals surface area contributed by atoms with Gasteiger partial charge in [-0.1, -0.05) is 18.1 Å². The second kappa shape index (κ2) is 8.09. The van der Waals surface area contributed by atoms with Crippen LogP contribution in [0, 0.1) is 18.2 Å². The first-order valence-electron chi connectivity index (χ1n) is 7.51. The largest absolute Gasteiger partial charge is 0.454 e. The first-order valence-corrected chi connectivity index (χ1v) is 8.95. The number of nitrogens with zero attached hydrogens (tertiary/aromatic N) is 1. The van der Waals surface area contributed by atoms with Crippen molar-refractivity contribution in [1.29, 1.82) is 0 Å². The third-order valence-corrected chi connectivity index (χ3v) is 5.57. The Morgan fingerprint density at radius 2 is 2.12 bits per heavy atom. The molecule has 7 nitrogen and oxygen atoms in total. The molecule has 0 saturated carbocycles. The number of benzene rings is 1. The zero-order chi connectivity index (χ0) is 18.4. The highest BCUT2D eigenvalue weighted by Gasteiger charge is 2.41. The van der Waals surface area contributed by atoms with Crippen LogP contribution in [0.3, 0.4) is 0 Å². The topological polar surface area (TPSA) is 92.8 Å². The summed E-state index contributed by atoms with van der Waals surface area (Å²) >= 11 is 0. The van der Waals surface area contributed by atoms with E-state index in [1.807, 2.05) is 0 Å². The van der Waals surface area contributed by atoms with Crippen molar-refractivity contribution in [1.82, 2.24) is 9.62 Å². The molecule has 1 amide bonds. The Kier molecular flexibility index (Phi) is 6.12. The van der Waals surface area contributed by atoms with Crippen LogP contribution in [0.4, 0.5) is 4.39 Å². The van der Waals surface area contributed by atoms with Gasteiger partial charge in [-0.3, -0.25) is 9.59 Å². The maximum Gasteiger partial charge on any atom is 0.324 e. The molecular formula is C16H17FN2O5S. The second-order valence-corrected chi connectivity index (χ2v) is 7.15. The number of rotatable bonds is 6. The van der Waals surface area contributed by atoms with Crippen molar-refractivity contribution >= 4 is 21.9 Å². The monoisotopic (exact) mass is 368 g/mol. The van der Waals surface area contributed by atoms with Crippen molar-refractivity contribution in [3.05, 3.63) is 30.1 Å². The van der Waals surface area contributed by atoms with Gasteiger partial charge in [0.1, 0.15) is 16.8 Å². The molecule has 0 aromatic heterocycles. The molecule has 1 aliphatic rings. The molecule has 1 atom stereocenters. The summed E-state index contributed by atoms with van der Waals surface area (Å²) in [6.45, 7) is -0.502. The van der Waals surface area contributed by atoms with E-state index >= 15 is 0 Å². The molecule has 9 heteroatoms. The minimum absolute atomic E-state index is 0.00635. The Balaban J connectivity index is 2.09. The Labute approximate surface area is 145 Å². The van der Waals surface area contributed by atoms with Crippen LogP contribution in [-0.4, -0.2) is 50.3 Å². The van der Waals surface area contributed by atoms with Crippen molar-refractivity contribution in [3.8, 4) is 12.3 Å². The number of carbonyl (C=O) groups is 2. The molecule has 134 valence electrons. The summed E-state index contributed by atoms with van der Waals surface area (Å²) in [4.78, 5) is 23.1. The molecule has 0 unspecified atom stereocenters. The van der Waals surface area contributed by atoms with Crippen molar-refractivity contribution in [2.24, 2.45) is 0 Å². The smallest absolute Gasteiger partial charge is 0.324 e. The van der Waals surface area contributed by atoms with E-state index in [1.54, 1.807) is 0 Å². The van der Waals surface area contributed by atoms with E-state index in [9.17, 15) is 22.4 Å². The lowest BCUT2D eigenvalue weighted by Crippen LogP contribution is -2.42. The van der Waals surface area contributed by atoms with Crippen LogP contribution >= 0.6 is 0 Å². The maximum absolute atomic E-state index is 13.8. The number of esters is 1. The van der Waals surface area contributed by atoms with Crippen molar-refractivity contribution < 1.29 is 27.1 Å². The zero-order valence-corrected chi connectivity index (χ0v) is 14.1. The van der Waals surface area contributed by atoms with Crippen LogP contribution in [0.5, 0.6) is 0 Å². The van der Waals surface area contributed by atoms with Gasteiger partial charge in [-0.25, -0.2) is 12.8 Å². The van der Waals surface area contributed by atoms with Gasteiger partial charge in [-0.15, -0.1) is 6.42 Å². The first kappa shape index (κ1) is 18.9. The van der Waals surface area contributed by atoms with Gasteiger partial charge in [0.2, 0.25) is 10.0 Å². The summed E-state index contributed by atoms with van der Waals surface area (Å²) in [6, 6.07) is 3.85. The highest BCUT2D eigenvalue weighted by Crippen LogP contribution is 2.28. The SMILES string of the molecule is C#CCNC(=O)COC(=O)[C@H]1CCCN1S(=O)(=O)c1ccccc1F. The van der Waals surface area contributed by atoms with Gasteiger partial charge in [-0.05, 0) is 25.0 Å². The third kappa shape index (κ3) is 4.35. The summed E-state index contributed by atoms with van der Waals surface area (Å²) in [5.74, 6) is -0.141. The molecule has 2 rings (SSSR count). The highest BCUT2D eigenvalue weighted by molar-refractivity contribution is 7.89. The fourth-order valence-electron chi connectivity index (χ4n) is 2.48. The van der Waals surface area contributed by atoms with Gasteiger partial charge >= 0.3 is 5.97 Å². The molecule has 1 N–H and O–H groups in total. The van der Waals surface area contributed by atoms with Crippen LogP contribution in [0.25, 0.3) is 0 Å². The minimum atomic E-state index is -4.19. The van der Waals surface area contributed by atoms with Crippen molar-refractivity contribution in [3.63, 3.8) is 0 Å². The van der Waals surface area contributed by atoms with Crippen LogP contribution in [0.2, 0.25) is 0 Å². The Morgan fingerprint density at radius 1 is 1.40 bits per heavy atom. The molecule has 0 spiro atoms. The van der Waals surface area contributed by atoms with Gasteiger partial charge in [0.15, 0.2) is 6.61 Å². The predicted molar refractivity (Wildman–Crippen MR) is 86.1 cm³/mol. The molecule has 1 heterocycles. The Morgan fingerprint density at radius 3 is 2.80 bits per heavy atom. The number of ether oxygens (including phenoxy) is 1. The number of halogens is 1. The average molecular weight is 368 g/mol. The lowest BCUT2D eigenvalue weighted by molar-refractivity contribution is -0.151. The van der Waals surface area contributed by atoms with E-state index in [0.29, 0.717) is 6.42 Å². The normalized spacial score (nSPS) is 17.7. The molecule has 1 fully saturated rings. The molecular weight excluding hydrogens is 351 g/mol. The fourth-order valence-corrected chi connectivity index (χ4v) is 4.19. The maximum atomic E-state index is 13.8. The summed E-state index contributed by atoms with van der Waals surface area (Å²) in [5.41, 5.74) is 0. The number of terminal acetylenes is 1. The molecule has 1 aromatic rings. The number of sulfonamides is 1. The summed E-state index contributed by atoms with van der Waals surface area (Å²) < 4.78 is 44.9. The molecule has 0 aliphatic carbocycles. The molecule has 25 heavy (non-hydrogen) atoms. The molecule has 0 radical (unpaired) electrons. The highest BCUT2D eigenvalue weighted by atomic mass is 32.2. The van der Waals surface area contributed by atoms with Crippen LogP contribution < -0.4 is 5.32 Å². The van der Waals surface area contributed by atoms with Gasteiger partial charge in [0.25, 0.3) is 5.91 Å².